The van der Waals surface area contributed by atoms with Gasteiger partial charge in [0.15, 0.2) is 18.2 Å². The third kappa shape index (κ3) is 6.15. The molecule has 9 atom stereocenters. The van der Waals surface area contributed by atoms with Crippen molar-refractivity contribution in [1.82, 2.24) is 0 Å². The molecule has 16 heteroatoms. The molecule has 0 bridgehead atoms. The number of hydrogen-bond acceptors (Lipinski definition) is 16. The van der Waals surface area contributed by atoms with Gasteiger partial charge in [-0.25, -0.2) is 0 Å². The van der Waals surface area contributed by atoms with Gasteiger partial charge in [-0.15, -0.1) is 0 Å². The van der Waals surface area contributed by atoms with E-state index in [4.69, 9.17) is 28.1 Å². The summed E-state index contributed by atoms with van der Waals surface area (Å²) in [6.07, 6.45) is -14.7. The number of hydrogen-bond donors (Lipinski definition) is 8. The van der Waals surface area contributed by atoms with E-state index in [9.17, 15) is 50.4 Å². The Hall–Kier alpha value is -4.00. The van der Waals surface area contributed by atoms with Gasteiger partial charge in [0, 0.05) is 24.6 Å². The third-order valence-electron chi connectivity index (χ3n) is 7.11. The van der Waals surface area contributed by atoms with E-state index in [0.29, 0.717) is 0 Å². The van der Waals surface area contributed by atoms with Crippen molar-refractivity contribution in [3.63, 3.8) is 0 Å². The fourth-order valence-electron chi connectivity index (χ4n) is 4.86. The molecule has 0 aliphatic carbocycles. The minimum atomic E-state index is -1.94. The van der Waals surface area contributed by atoms with Crippen molar-refractivity contribution in [2.24, 2.45) is 0 Å². The van der Waals surface area contributed by atoms with E-state index in [1.165, 1.54) is 24.3 Å². The SMILES string of the molecule is CC(=O)O[C@H]1[C@@H](OC[C@@H]2O[C@@H](Oc3c(-c4ccc(O)cc4)oc4cc(O)cc(O)c4c3=O)[C@@H](O)[C@H](O)[C@H]2O)OC[C@@H](O)[C@@H]1O. The van der Waals surface area contributed by atoms with Gasteiger partial charge in [0.25, 0.3) is 0 Å². The molecule has 0 radical (unpaired) electrons. The van der Waals surface area contributed by atoms with Gasteiger partial charge in [-0.1, -0.05) is 0 Å². The number of aliphatic hydroxyl groups excluding tert-OH is 5. The van der Waals surface area contributed by atoms with Gasteiger partial charge in [-0.05, 0) is 24.3 Å². The molecule has 2 saturated heterocycles. The quantitative estimate of drug-likeness (QED) is 0.144. The van der Waals surface area contributed by atoms with Crippen LogP contribution in [0.4, 0.5) is 0 Å². The smallest absolute Gasteiger partial charge is 0.303 e. The zero-order chi connectivity index (χ0) is 31.9. The molecule has 2 aliphatic rings. The predicted molar refractivity (Wildman–Crippen MR) is 143 cm³/mol. The highest BCUT2D eigenvalue weighted by Crippen LogP contribution is 2.37. The summed E-state index contributed by atoms with van der Waals surface area (Å²) in [6.45, 7) is 0.0943. The lowest BCUT2D eigenvalue weighted by molar-refractivity contribution is -0.309. The number of aromatic hydroxyl groups is 3. The van der Waals surface area contributed by atoms with Crippen LogP contribution in [-0.2, 0) is 23.7 Å². The first-order valence-electron chi connectivity index (χ1n) is 13.3. The maximum Gasteiger partial charge on any atom is 0.303 e. The zero-order valence-electron chi connectivity index (χ0n) is 22.9. The largest absolute Gasteiger partial charge is 0.508 e. The lowest BCUT2D eigenvalue weighted by atomic mass is 9.99. The number of fused-ring (bicyclic) bond motifs is 1. The summed E-state index contributed by atoms with van der Waals surface area (Å²) in [7, 11) is 0. The van der Waals surface area contributed by atoms with Crippen LogP contribution < -0.4 is 10.2 Å². The van der Waals surface area contributed by atoms with Crippen molar-refractivity contribution in [3.8, 4) is 34.3 Å². The van der Waals surface area contributed by atoms with Crippen molar-refractivity contribution in [2.75, 3.05) is 13.2 Å². The van der Waals surface area contributed by atoms with Crippen LogP contribution in [0, 0.1) is 0 Å². The Morgan fingerprint density at radius 2 is 1.61 bits per heavy atom. The second-order valence-electron chi connectivity index (χ2n) is 10.3. The van der Waals surface area contributed by atoms with Crippen LogP contribution in [-0.4, -0.2) is 115 Å². The summed E-state index contributed by atoms with van der Waals surface area (Å²) in [5.41, 5.74) is -0.989. The molecule has 5 rings (SSSR count). The summed E-state index contributed by atoms with van der Waals surface area (Å²) in [6, 6.07) is 7.30. The lowest BCUT2D eigenvalue weighted by Crippen LogP contribution is -2.61. The molecule has 0 saturated carbocycles. The summed E-state index contributed by atoms with van der Waals surface area (Å²) in [4.78, 5) is 25.1. The Kier molecular flexibility index (Phi) is 8.96. The van der Waals surface area contributed by atoms with Crippen LogP contribution in [0.1, 0.15) is 6.92 Å². The fraction of sp³-hybridized carbons (Fsp3) is 0.429. The molecule has 0 amide bonds. The third-order valence-corrected chi connectivity index (χ3v) is 7.11. The topological polar surface area (TPSA) is 255 Å². The normalized spacial score (nSPS) is 30.6. The minimum Gasteiger partial charge on any atom is -0.508 e. The number of carbonyl (C=O) groups is 1. The van der Waals surface area contributed by atoms with Gasteiger partial charge in [-0.3, -0.25) is 9.59 Å². The Morgan fingerprint density at radius 3 is 2.30 bits per heavy atom. The average molecular weight is 623 g/mol. The molecule has 2 aromatic carbocycles. The van der Waals surface area contributed by atoms with E-state index in [1.54, 1.807) is 0 Å². The van der Waals surface area contributed by atoms with Gasteiger partial charge in [0.1, 0.15) is 64.8 Å². The van der Waals surface area contributed by atoms with Gasteiger partial charge in [-0.2, -0.15) is 0 Å². The first-order valence-corrected chi connectivity index (χ1v) is 13.3. The molecule has 0 unspecified atom stereocenters. The molecular weight excluding hydrogens is 592 g/mol. The average Bonchev–Trinajstić information content (AvgIpc) is 2.97. The van der Waals surface area contributed by atoms with Crippen LogP contribution in [0.3, 0.4) is 0 Å². The standard InChI is InChI=1S/C28H30O16/c1-10(29)41-26-19(34)15(33)8-39-28(26)40-9-17-20(35)22(37)23(38)27(43-17)44-25-21(36)18-14(32)6-13(31)7-16(18)42-24(25)11-2-4-12(30)5-3-11/h2-7,15,17,19-20,22-23,26-28,30-35,37-38H,8-9H2,1H3/t15-,17+,19+,20+,22-,23+,26-,27+,28-/m1/s1. The fourth-order valence-corrected chi connectivity index (χ4v) is 4.86. The van der Waals surface area contributed by atoms with Gasteiger partial charge in [0.2, 0.25) is 17.5 Å². The highest BCUT2D eigenvalue weighted by Gasteiger charge is 2.47. The van der Waals surface area contributed by atoms with Crippen LogP contribution >= 0.6 is 0 Å². The maximum absolute atomic E-state index is 13.6. The van der Waals surface area contributed by atoms with Gasteiger partial charge < -0.3 is 69.0 Å². The molecule has 8 N–H and O–H groups in total. The Morgan fingerprint density at radius 1 is 0.909 bits per heavy atom. The highest BCUT2D eigenvalue weighted by molar-refractivity contribution is 5.88. The monoisotopic (exact) mass is 622 g/mol. The molecule has 3 heterocycles. The number of aliphatic hydroxyl groups is 5. The van der Waals surface area contributed by atoms with Gasteiger partial charge >= 0.3 is 5.97 Å². The number of ether oxygens (including phenoxy) is 5. The number of rotatable bonds is 7. The number of esters is 1. The Balaban J connectivity index is 1.45. The highest BCUT2D eigenvalue weighted by atomic mass is 16.7. The number of carbonyl (C=O) groups excluding carboxylic acids is 1. The predicted octanol–water partition coefficient (Wildman–Crippen LogP) is -1.21. The lowest BCUT2D eigenvalue weighted by Gasteiger charge is -2.41. The number of phenolic OH excluding ortho intramolecular Hbond substituents is 3. The summed E-state index contributed by atoms with van der Waals surface area (Å²) in [5, 5.41) is 81.7. The van der Waals surface area contributed by atoms with E-state index in [-0.39, 0.29) is 29.3 Å². The maximum atomic E-state index is 13.6. The van der Waals surface area contributed by atoms with E-state index in [2.05, 4.69) is 0 Å². The van der Waals surface area contributed by atoms with Gasteiger partial charge in [0.05, 0.1) is 13.2 Å². The molecule has 44 heavy (non-hydrogen) atoms. The molecule has 2 aliphatic heterocycles. The van der Waals surface area contributed by atoms with E-state index in [1.807, 2.05) is 0 Å². The second kappa shape index (κ2) is 12.5. The Labute approximate surface area is 247 Å². The summed E-state index contributed by atoms with van der Waals surface area (Å²) >= 11 is 0. The van der Waals surface area contributed by atoms with E-state index < -0.39 is 95.9 Å². The Bertz CT molecular complexity index is 1550. The zero-order valence-corrected chi connectivity index (χ0v) is 22.9. The van der Waals surface area contributed by atoms with E-state index in [0.717, 1.165) is 19.1 Å². The van der Waals surface area contributed by atoms with E-state index >= 15 is 0 Å². The summed E-state index contributed by atoms with van der Waals surface area (Å²) < 4.78 is 33.1. The van der Waals surface area contributed by atoms with Crippen molar-refractivity contribution < 1.29 is 73.7 Å². The molecule has 0 spiro atoms. The molecule has 2 fully saturated rings. The molecule has 1 aromatic heterocycles. The number of phenols is 3. The second-order valence-corrected chi connectivity index (χ2v) is 10.3. The van der Waals surface area contributed by atoms with Crippen LogP contribution in [0.2, 0.25) is 0 Å². The van der Waals surface area contributed by atoms with Crippen LogP contribution in [0.15, 0.2) is 45.6 Å². The first kappa shape index (κ1) is 31.4. The molecule has 238 valence electrons. The molecule has 3 aromatic rings. The van der Waals surface area contributed by atoms with Crippen molar-refractivity contribution in [1.29, 1.82) is 0 Å². The summed E-state index contributed by atoms with van der Waals surface area (Å²) in [5.74, 6) is -2.83. The van der Waals surface area contributed by atoms with Crippen LogP contribution in [0.5, 0.6) is 23.0 Å². The molecular formula is C28H30O16. The molecule has 16 nitrogen and oxygen atoms in total. The van der Waals surface area contributed by atoms with Crippen molar-refractivity contribution >= 4 is 16.9 Å². The van der Waals surface area contributed by atoms with Crippen molar-refractivity contribution in [2.45, 2.75) is 62.2 Å². The minimum absolute atomic E-state index is 0.111. The number of benzene rings is 2. The first-order chi connectivity index (χ1) is 20.8. The van der Waals surface area contributed by atoms with Crippen molar-refractivity contribution in [3.05, 3.63) is 46.6 Å². The van der Waals surface area contributed by atoms with Crippen LogP contribution in [0.25, 0.3) is 22.3 Å².